The zero-order valence-corrected chi connectivity index (χ0v) is 13.0. The average molecular weight is 373 g/mol. The largest absolute Gasteiger partial charge is 0.382 e. The maximum absolute atomic E-state index is 8.75. The van der Waals surface area contributed by atoms with Crippen molar-refractivity contribution in [3.8, 4) is 6.07 Å². The second-order valence-corrected chi connectivity index (χ2v) is 5.27. The van der Waals surface area contributed by atoms with Crippen LogP contribution in [0, 0.1) is 30.6 Å². The standard InChI is InChI=1S/C11H11Br2N5/c1-5-6(2)10(8(13)3-7(5)12)18-17-9(4-14)11(15)16/h3,18H,1-2H3,(H3,15,16)/b17-9+. The van der Waals surface area contributed by atoms with Gasteiger partial charge in [-0.3, -0.25) is 10.8 Å². The lowest BCUT2D eigenvalue weighted by atomic mass is 10.1. The number of rotatable bonds is 3. The molecule has 0 bridgehead atoms. The van der Waals surface area contributed by atoms with E-state index < -0.39 is 0 Å². The van der Waals surface area contributed by atoms with Gasteiger partial charge in [-0.15, -0.1) is 0 Å². The molecule has 0 radical (unpaired) electrons. The number of benzene rings is 1. The molecule has 7 heteroatoms. The third-order valence-electron chi connectivity index (χ3n) is 2.43. The fourth-order valence-corrected chi connectivity index (χ4v) is 2.68. The number of nitrogens with zero attached hydrogens (tertiary/aromatic N) is 2. The van der Waals surface area contributed by atoms with Gasteiger partial charge in [0.25, 0.3) is 0 Å². The molecule has 0 aromatic heterocycles. The maximum Gasteiger partial charge on any atom is 0.201 e. The van der Waals surface area contributed by atoms with Crippen LogP contribution in [0.1, 0.15) is 11.1 Å². The van der Waals surface area contributed by atoms with Crippen LogP contribution in [-0.2, 0) is 0 Å². The van der Waals surface area contributed by atoms with Crippen LogP contribution in [-0.4, -0.2) is 11.5 Å². The highest BCUT2D eigenvalue weighted by atomic mass is 79.9. The Morgan fingerprint density at radius 1 is 1.39 bits per heavy atom. The first kappa shape index (κ1) is 14.7. The molecule has 0 saturated carbocycles. The summed E-state index contributed by atoms with van der Waals surface area (Å²) in [7, 11) is 0. The molecule has 0 fully saturated rings. The van der Waals surface area contributed by atoms with Gasteiger partial charge in [0.1, 0.15) is 6.07 Å². The Hall–Kier alpha value is -1.39. The van der Waals surface area contributed by atoms with E-state index in [4.69, 9.17) is 16.4 Å². The fourth-order valence-electron chi connectivity index (χ4n) is 1.23. The third-order valence-corrected chi connectivity index (χ3v) is 3.88. The third kappa shape index (κ3) is 3.09. The lowest BCUT2D eigenvalue weighted by molar-refractivity contribution is 1.24. The van der Waals surface area contributed by atoms with Gasteiger partial charge in [-0.25, -0.2) is 0 Å². The van der Waals surface area contributed by atoms with Crippen LogP contribution < -0.4 is 11.2 Å². The van der Waals surface area contributed by atoms with Crippen molar-refractivity contribution in [1.82, 2.24) is 0 Å². The molecule has 94 valence electrons. The summed E-state index contributed by atoms with van der Waals surface area (Å²) in [6.07, 6.45) is 0. The van der Waals surface area contributed by atoms with Gasteiger partial charge in [-0.1, -0.05) is 15.9 Å². The first-order chi connectivity index (χ1) is 8.38. The molecule has 0 saturated heterocycles. The highest BCUT2D eigenvalue weighted by Crippen LogP contribution is 2.33. The lowest BCUT2D eigenvalue weighted by Crippen LogP contribution is -2.22. The van der Waals surface area contributed by atoms with Crippen molar-refractivity contribution < 1.29 is 0 Å². The summed E-state index contributed by atoms with van der Waals surface area (Å²) in [5.74, 6) is -0.368. The Morgan fingerprint density at radius 3 is 2.50 bits per heavy atom. The van der Waals surface area contributed by atoms with Crippen molar-refractivity contribution in [1.29, 1.82) is 10.7 Å². The lowest BCUT2D eigenvalue weighted by Gasteiger charge is -2.12. The predicted molar refractivity (Wildman–Crippen MR) is 79.9 cm³/mol. The number of halogens is 2. The molecule has 0 aliphatic carbocycles. The summed E-state index contributed by atoms with van der Waals surface area (Å²) in [5.41, 5.74) is 10.6. The van der Waals surface area contributed by atoms with Gasteiger partial charge in [0.15, 0.2) is 5.84 Å². The number of amidine groups is 1. The fraction of sp³-hybridized carbons (Fsp3) is 0.182. The molecule has 1 rings (SSSR count). The van der Waals surface area contributed by atoms with Crippen LogP contribution in [0.2, 0.25) is 0 Å². The second kappa shape index (κ2) is 5.98. The van der Waals surface area contributed by atoms with Crippen LogP contribution in [0.25, 0.3) is 0 Å². The predicted octanol–water partition coefficient (Wildman–Crippen LogP) is 3.06. The van der Waals surface area contributed by atoms with Crippen LogP contribution in [0.5, 0.6) is 0 Å². The van der Waals surface area contributed by atoms with Gasteiger partial charge in [0.05, 0.1) is 5.69 Å². The number of hydrogen-bond donors (Lipinski definition) is 3. The number of nitrogens with two attached hydrogens (primary N) is 1. The molecule has 4 N–H and O–H groups in total. The molecule has 0 atom stereocenters. The van der Waals surface area contributed by atoms with Gasteiger partial charge in [0, 0.05) is 8.95 Å². The zero-order chi connectivity index (χ0) is 13.9. The minimum atomic E-state index is -0.368. The van der Waals surface area contributed by atoms with Gasteiger partial charge >= 0.3 is 0 Å². The summed E-state index contributed by atoms with van der Waals surface area (Å²) in [5, 5.41) is 19.7. The van der Waals surface area contributed by atoms with Crippen molar-refractivity contribution >= 4 is 49.1 Å². The molecule has 0 heterocycles. The Labute approximate surface area is 122 Å². The van der Waals surface area contributed by atoms with Gasteiger partial charge in [-0.2, -0.15) is 10.4 Å². The first-order valence-corrected chi connectivity index (χ1v) is 6.50. The van der Waals surface area contributed by atoms with E-state index in [9.17, 15) is 0 Å². The molecule has 0 amide bonds. The molecule has 5 nitrogen and oxygen atoms in total. The number of hydrogen-bond acceptors (Lipinski definition) is 4. The quantitative estimate of drug-likeness (QED) is 0.432. The number of nitrogens with one attached hydrogen (secondary N) is 2. The highest BCUT2D eigenvalue weighted by Gasteiger charge is 2.10. The van der Waals surface area contributed by atoms with E-state index in [2.05, 4.69) is 42.4 Å². The summed E-state index contributed by atoms with van der Waals surface area (Å²) >= 11 is 6.86. The summed E-state index contributed by atoms with van der Waals surface area (Å²) in [6.45, 7) is 3.90. The van der Waals surface area contributed by atoms with Gasteiger partial charge < -0.3 is 5.73 Å². The summed E-state index contributed by atoms with van der Waals surface area (Å²) in [6, 6.07) is 3.64. The normalized spacial score (nSPS) is 10.9. The van der Waals surface area contributed by atoms with E-state index in [0.717, 1.165) is 25.8 Å². The van der Waals surface area contributed by atoms with Crippen molar-refractivity contribution in [2.24, 2.45) is 10.8 Å². The Balaban J connectivity index is 3.18. The van der Waals surface area contributed by atoms with Crippen LogP contribution in [0.3, 0.4) is 0 Å². The number of hydrazone groups is 1. The van der Waals surface area contributed by atoms with E-state index in [1.54, 1.807) is 6.07 Å². The Kier molecular flexibility index (Phi) is 4.87. The summed E-state index contributed by atoms with van der Waals surface area (Å²) in [4.78, 5) is 0. The minimum absolute atomic E-state index is 0.151. The molecule has 0 aliphatic rings. The van der Waals surface area contributed by atoms with Crippen LogP contribution in [0.15, 0.2) is 20.1 Å². The van der Waals surface area contributed by atoms with Gasteiger partial charge in [-0.05, 0) is 47.0 Å². The Bertz CT molecular complexity index is 572. The van der Waals surface area contributed by atoms with E-state index in [-0.39, 0.29) is 11.5 Å². The smallest absolute Gasteiger partial charge is 0.201 e. The maximum atomic E-state index is 8.75. The molecule has 0 spiro atoms. The molecule has 0 unspecified atom stereocenters. The molecule has 1 aromatic rings. The molecule has 1 aromatic carbocycles. The second-order valence-electron chi connectivity index (χ2n) is 3.56. The van der Waals surface area contributed by atoms with Crippen molar-refractivity contribution in [3.05, 3.63) is 26.1 Å². The van der Waals surface area contributed by atoms with Crippen molar-refractivity contribution in [2.45, 2.75) is 13.8 Å². The highest BCUT2D eigenvalue weighted by molar-refractivity contribution is 9.11. The SMILES string of the molecule is Cc1c(Br)cc(Br)c(N/N=C(\C#N)C(=N)N)c1C. The summed E-state index contributed by atoms with van der Waals surface area (Å²) < 4.78 is 1.79. The average Bonchev–Trinajstić information content (AvgIpc) is 2.30. The monoisotopic (exact) mass is 371 g/mol. The first-order valence-electron chi connectivity index (χ1n) is 4.91. The van der Waals surface area contributed by atoms with Gasteiger partial charge in [0.2, 0.25) is 5.71 Å². The molecular formula is C11H11Br2N5. The van der Waals surface area contributed by atoms with E-state index >= 15 is 0 Å². The van der Waals surface area contributed by atoms with Crippen molar-refractivity contribution in [3.63, 3.8) is 0 Å². The number of nitriles is 1. The Morgan fingerprint density at radius 2 is 2.00 bits per heavy atom. The molecular weight excluding hydrogens is 362 g/mol. The number of anilines is 1. The van der Waals surface area contributed by atoms with E-state index in [1.165, 1.54) is 0 Å². The van der Waals surface area contributed by atoms with E-state index in [1.807, 2.05) is 19.9 Å². The van der Waals surface area contributed by atoms with Crippen LogP contribution >= 0.6 is 31.9 Å². The molecule has 0 aliphatic heterocycles. The van der Waals surface area contributed by atoms with E-state index in [0.29, 0.717) is 0 Å². The zero-order valence-electron chi connectivity index (χ0n) is 9.81. The minimum Gasteiger partial charge on any atom is -0.382 e. The van der Waals surface area contributed by atoms with Crippen LogP contribution in [0.4, 0.5) is 5.69 Å². The molecule has 18 heavy (non-hydrogen) atoms. The topological polar surface area (TPSA) is 98.0 Å². The van der Waals surface area contributed by atoms with Crippen molar-refractivity contribution in [2.75, 3.05) is 5.43 Å².